The number of hydrogen-bond donors (Lipinski definition) is 1. The van der Waals surface area contributed by atoms with Crippen molar-refractivity contribution in [3.8, 4) is 0 Å². The number of nitrogens with zero attached hydrogens (tertiary/aromatic N) is 2. The van der Waals surface area contributed by atoms with E-state index >= 15 is 0 Å². The van der Waals surface area contributed by atoms with E-state index in [-0.39, 0.29) is 5.56 Å². The van der Waals surface area contributed by atoms with E-state index in [9.17, 15) is 4.79 Å². The molecule has 0 spiro atoms. The van der Waals surface area contributed by atoms with Gasteiger partial charge in [-0.1, -0.05) is 18.5 Å². The summed E-state index contributed by atoms with van der Waals surface area (Å²) in [4.78, 5) is 17.3. The SMILES string of the molecule is CCCn1ccnc(NCCc2ccc(Cl)s2)c1=O. The fourth-order valence-electron chi connectivity index (χ4n) is 1.78. The van der Waals surface area contributed by atoms with Gasteiger partial charge in [-0.25, -0.2) is 4.98 Å². The average molecular weight is 298 g/mol. The Balaban J connectivity index is 1.96. The van der Waals surface area contributed by atoms with E-state index in [1.807, 2.05) is 19.1 Å². The predicted molar refractivity (Wildman–Crippen MR) is 80.3 cm³/mol. The van der Waals surface area contributed by atoms with Crippen LogP contribution < -0.4 is 10.9 Å². The Morgan fingerprint density at radius 2 is 2.32 bits per heavy atom. The molecule has 0 atom stereocenters. The lowest BCUT2D eigenvalue weighted by molar-refractivity contribution is 0.649. The Morgan fingerprint density at radius 1 is 1.47 bits per heavy atom. The van der Waals surface area contributed by atoms with Crippen LogP contribution in [-0.4, -0.2) is 16.1 Å². The molecule has 1 N–H and O–H groups in total. The summed E-state index contributed by atoms with van der Waals surface area (Å²) in [6, 6.07) is 3.89. The van der Waals surface area contributed by atoms with E-state index in [0.717, 1.165) is 23.7 Å². The second-order valence-electron chi connectivity index (χ2n) is 4.16. The minimum absolute atomic E-state index is 0.0615. The molecule has 0 saturated heterocycles. The minimum atomic E-state index is -0.0615. The van der Waals surface area contributed by atoms with Gasteiger partial charge < -0.3 is 9.88 Å². The predicted octanol–water partition coefficient (Wildman–Crippen LogP) is 3.02. The van der Waals surface area contributed by atoms with Crippen LogP contribution in [0.25, 0.3) is 0 Å². The molecule has 0 bridgehead atoms. The molecule has 0 radical (unpaired) electrons. The first-order chi connectivity index (χ1) is 9.20. The maximum Gasteiger partial charge on any atom is 0.293 e. The van der Waals surface area contributed by atoms with Crippen LogP contribution in [-0.2, 0) is 13.0 Å². The Bertz CT molecular complexity index is 594. The molecule has 2 aromatic rings. The van der Waals surface area contributed by atoms with Crippen molar-refractivity contribution >= 4 is 28.8 Å². The lowest BCUT2D eigenvalue weighted by atomic mass is 10.3. The number of aromatic nitrogens is 2. The molecule has 0 saturated carbocycles. The Labute approximate surface area is 121 Å². The summed E-state index contributed by atoms with van der Waals surface area (Å²) >= 11 is 7.43. The third kappa shape index (κ3) is 3.81. The van der Waals surface area contributed by atoms with Crippen molar-refractivity contribution < 1.29 is 0 Å². The van der Waals surface area contributed by atoms with Crippen molar-refractivity contribution in [1.82, 2.24) is 9.55 Å². The van der Waals surface area contributed by atoms with Crippen LogP contribution in [0.5, 0.6) is 0 Å². The van der Waals surface area contributed by atoms with Crippen LogP contribution in [0, 0.1) is 0 Å². The van der Waals surface area contributed by atoms with Crippen molar-refractivity contribution in [3.63, 3.8) is 0 Å². The zero-order valence-corrected chi connectivity index (χ0v) is 12.3. The number of nitrogens with one attached hydrogen (secondary N) is 1. The number of rotatable bonds is 6. The summed E-state index contributed by atoms with van der Waals surface area (Å²) < 4.78 is 2.47. The van der Waals surface area contributed by atoms with E-state index in [2.05, 4.69) is 10.3 Å². The van der Waals surface area contributed by atoms with Gasteiger partial charge in [0.25, 0.3) is 5.56 Å². The Kier molecular flexibility index (Phi) is 4.99. The maximum absolute atomic E-state index is 12.0. The minimum Gasteiger partial charge on any atom is -0.365 e. The van der Waals surface area contributed by atoms with E-state index in [1.54, 1.807) is 28.3 Å². The molecule has 0 unspecified atom stereocenters. The van der Waals surface area contributed by atoms with Crippen LogP contribution >= 0.6 is 22.9 Å². The Morgan fingerprint density at radius 3 is 3.00 bits per heavy atom. The van der Waals surface area contributed by atoms with Crippen molar-refractivity contribution in [1.29, 1.82) is 0 Å². The Hall–Kier alpha value is -1.33. The molecule has 2 heterocycles. The normalized spacial score (nSPS) is 10.6. The first-order valence-corrected chi connectivity index (χ1v) is 7.43. The fourth-order valence-corrected chi connectivity index (χ4v) is 2.86. The van der Waals surface area contributed by atoms with Crippen molar-refractivity contribution in [3.05, 3.63) is 44.1 Å². The summed E-state index contributed by atoms with van der Waals surface area (Å²) in [6.45, 7) is 3.44. The molecule has 0 fully saturated rings. The third-order valence-electron chi connectivity index (χ3n) is 2.67. The van der Waals surface area contributed by atoms with Gasteiger partial charge >= 0.3 is 0 Å². The largest absolute Gasteiger partial charge is 0.365 e. The lowest BCUT2D eigenvalue weighted by Crippen LogP contribution is -2.24. The first-order valence-electron chi connectivity index (χ1n) is 6.24. The van der Waals surface area contributed by atoms with Crippen molar-refractivity contribution in [2.45, 2.75) is 26.3 Å². The van der Waals surface area contributed by atoms with Gasteiger partial charge in [0.2, 0.25) is 0 Å². The maximum atomic E-state index is 12.0. The van der Waals surface area contributed by atoms with Gasteiger partial charge in [-0.15, -0.1) is 11.3 Å². The second kappa shape index (κ2) is 6.73. The monoisotopic (exact) mass is 297 g/mol. The molecule has 19 heavy (non-hydrogen) atoms. The summed E-state index contributed by atoms with van der Waals surface area (Å²) in [6.07, 6.45) is 5.13. The molecule has 2 aromatic heterocycles. The van der Waals surface area contributed by atoms with Crippen LogP contribution in [0.3, 0.4) is 0 Å². The molecular weight excluding hydrogens is 282 g/mol. The average Bonchev–Trinajstić information content (AvgIpc) is 2.80. The molecule has 2 rings (SSSR count). The van der Waals surface area contributed by atoms with E-state index in [4.69, 9.17) is 11.6 Å². The summed E-state index contributed by atoms with van der Waals surface area (Å²) in [7, 11) is 0. The van der Waals surface area contributed by atoms with Crippen LogP contribution in [0.2, 0.25) is 4.34 Å². The zero-order chi connectivity index (χ0) is 13.7. The van der Waals surface area contributed by atoms with Crippen LogP contribution in [0.15, 0.2) is 29.3 Å². The highest BCUT2D eigenvalue weighted by Gasteiger charge is 2.04. The smallest absolute Gasteiger partial charge is 0.293 e. The number of hydrogen-bond acceptors (Lipinski definition) is 4. The number of aryl methyl sites for hydroxylation is 1. The summed E-state index contributed by atoms with van der Waals surface area (Å²) in [5.41, 5.74) is -0.0615. The molecule has 102 valence electrons. The molecule has 0 aromatic carbocycles. The molecule has 6 heteroatoms. The standard InChI is InChI=1S/C13H16ClN3OS/c1-2-8-17-9-7-16-12(13(17)18)15-6-5-10-3-4-11(14)19-10/h3-4,7,9H,2,5-6,8H2,1H3,(H,15,16). The first kappa shape index (κ1) is 14.1. The highest BCUT2D eigenvalue weighted by Crippen LogP contribution is 2.21. The fraction of sp³-hybridized carbons (Fsp3) is 0.385. The highest BCUT2D eigenvalue weighted by atomic mass is 35.5. The molecule has 0 amide bonds. The number of halogens is 1. The van der Waals surface area contributed by atoms with Gasteiger partial charge in [0, 0.05) is 30.4 Å². The number of thiophene rings is 1. The topological polar surface area (TPSA) is 46.9 Å². The van der Waals surface area contributed by atoms with Crippen LogP contribution in [0.4, 0.5) is 5.82 Å². The molecular formula is C13H16ClN3OS. The van der Waals surface area contributed by atoms with Gasteiger partial charge in [-0.3, -0.25) is 4.79 Å². The molecule has 0 aliphatic carbocycles. The third-order valence-corrected chi connectivity index (χ3v) is 3.96. The van der Waals surface area contributed by atoms with Crippen molar-refractivity contribution in [2.24, 2.45) is 0 Å². The summed E-state index contributed by atoms with van der Waals surface area (Å²) in [5.74, 6) is 0.415. The quantitative estimate of drug-likeness (QED) is 0.891. The van der Waals surface area contributed by atoms with Crippen molar-refractivity contribution in [2.75, 3.05) is 11.9 Å². The molecule has 0 aliphatic rings. The van der Waals surface area contributed by atoms with Crippen LogP contribution in [0.1, 0.15) is 18.2 Å². The zero-order valence-electron chi connectivity index (χ0n) is 10.7. The van der Waals surface area contributed by atoms with Gasteiger partial charge in [0.1, 0.15) is 0 Å². The van der Waals surface area contributed by atoms with Gasteiger partial charge in [0.15, 0.2) is 5.82 Å². The lowest BCUT2D eigenvalue weighted by Gasteiger charge is -2.07. The second-order valence-corrected chi connectivity index (χ2v) is 5.96. The van der Waals surface area contributed by atoms with Gasteiger partial charge in [0.05, 0.1) is 4.34 Å². The molecule has 4 nitrogen and oxygen atoms in total. The van der Waals surface area contributed by atoms with Gasteiger partial charge in [-0.2, -0.15) is 0 Å². The number of anilines is 1. The molecule has 0 aliphatic heterocycles. The van der Waals surface area contributed by atoms with Gasteiger partial charge in [-0.05, 0) is 25.0 Å². The highest BCUT2D eigenvalue weighted by molar-refractivity contribution is 7.16. The van der Waals surface area contributed by atoms with E-state index in [0.29, 0.717) is 12.4 Å². The summed E-state index contributed by atoms with van der Waals surface area (Å²) in [5, 5.41) is 3.09. The van der Waals surface area contributed by atoms with E-state index in [1.165, 1.54) is 4.88 Å². The van der Waals surface area contributed by atoms with E-state index < -0.39 is 0 Å².